The van der Waals surface area contributed by atoms with Gasteiger partial charge in [0.2, 0.25) is 0 Å². The molecule has 4 aromatic rings. The number of nitrogens with one attached hydrogen (secondary N) is 1. The van der Waals surface area contributed by atoms with Gasteiger partial charge in [-0.05, 0) is 26.3 Å². The maximum atomic E-state index is 13.3. The van der Waals surface area contributed by atoms with Gasteiger partial charge < -0.3 is 10.2 Å². The van der Waals surface area contributed by atoms with Crippen LogP contribution in [0, 0.1) is 13.8 Å². The summed E-state index contributed by atoms with van der Waals surface area (Å²) in [6.45, 7) is 4.73. The van der Waals surface area contributed by atoms with Crippen LogP contribution in [-0.4, -0.2) is 50.2 Å². The third-order valence-corrected chi connectivity index (χ3v) is 7.70. The Morgan fingerprint density at radius 2 is 2.06 bits per heavy atom. The van der Waals surface area contributed by atoms with E-state index < -0.39 is 0 Å². The third kappa shape index (κ3) is 3.60. The van der Waals surface area contributed by atoms with Crippen molar-refractivity contribution in [3.63, 3.8) is 0 Å². The first-order valence-corrected chi connectivity index (χ1v) is 12.2. The summed E-state index contributed by atoms with van der Waals surface area (Å²) in [5.74, 6) is -0.315. The van der Waals surface area contributed by atoms with Gasteiger partial charge in [0, 0.05) is 35.3 Å². The molecule has 1 atom stereocenters. The summed E-state index contributed by atoms with van der Waals surface area (Å²) >= 11 is 9.33. The lowest BCUT2D eigenvalue weighted by Crippen LogP contribution is -2.56. The molecule has 0 radical (unpaired) electrons. The Labute approximate surface area is 197 Å². The van der Waals surface area contributed by atoms with E-state index >= 15 is 0 Å². The van der Waals surface area contributed by atoms with Gasteiger partial charge in [-0.1, -0.05) is 29.8 Å². The van der Waals surface area contributed by atoms with Crippen LogP contribution in [0.3, 0.4) is 0 Å². The molecule has 1 aliphatic heterocycles. The van der Waals surface area contributed by atoms with Crippen molar-refractivity contribution < 1.29 is 9.59 Å². The summed E-state index contributed by atoms with van der Waals surface area (Å²) in [4.78, 5) is 38.4. The number of benzene rings is 1. The molecule has 0 spiro atoms. The first-order chi connectivity index (χ1) is 15.4. The van der Waals surface area contributed by atoms with Crippen molar-refractivity contribution in [2.24, 2.45) is 0 Å². The lowest BCUT2D eigenvalue weighted by atomic mass is 10.0. The van der Waals surface area contributed by atoms with Crippen LogP contribution >= 0.6 is 34.3 Å². The van der Waals surface area contributed by atoms with Gasteiger partial charge in [-0.2, -0.15) is 0 Å². The first-order valence-electron chi connectivity index (χ1n) is 10.2. The Morgan fingerprint density at radius 3 is 2.81 bits per heavy atom. The third-order valence-electron chi connectivity index (χ3n) is 5.61. The molecule has 1 unspecified atom stereocenters. The molecule has 1 aliphatic rings. The molecule has 1 saturated heterocycles. The Balaban J connectivity index is 1.32. The largest absolute Gasteiger partial charge is 0.349 e. The number of nitrogens with zero attached hydrogens (tertiary/aromatic N) is 4. The second-order valence-electron chi connectivity index (χ2n) is 7.64. The van der Waals surface area contributed by atoms with Crippen LogP contribution in [0.2, 0.25) is 5.02 Å². The number of rotatable bonds is 5. The number of carbonyl (C=O) groups excluding carboxylic acids is 2. The van der Waals surface area contributed by atoms with Gasteiger partial charge >= 0.3 is 0 Å². The second kappa shape index (κ2) is 8.31. The molecular weight excluding hydrogens is 466 g/mol. The number of hydrogen-bond donors (Lipinski definition) is 1. The topological polar surface area (TPSA) is 79.6 Å². The van der Waals surface area contributed by atoms with Gasteiger partial charge in [0.05, 0.1) is 21.6 Å². The molecule has 0 saturated carbocycles. The lowest BCUT2D eigenvalue weighted by Gasteiger charge is -2.40. The zero-order chi connectivity index (χ0) is 22.4. The number of amides is 2. The fourth-order valence-electron chi connectivity index (χ4n) is 3.92. The van der Waals surface area contributed by atoms with Crippen molar-refractivity contribution in [3.05, 3.63) is 63.0 Å². The highest BCUT2D eigenvalue weighted by atomic mass is 35.5. The number of hydrogen-bond acceptors (Lipinski definition) is 6. The van der Waals surface area contributed by atoms with Gasteiger partial charge in [-0.3, -0.25) is 14.0 Å². The summed E-state index contributed by atoms with van der Waals surface area (Å²) in [5.41, 5.74) is 2.46. The van der Waals surface area contributed by atoms with Crippen LogP contribution in [0.4, 0.5) is 0 Å². The quantitative estimate of drug-likeness (QED) is 0.453. The first kappa shape index (κ1) is 21.1. The van der Waals surface area contributed by atoms with Crippen LogP contribution in [0.1, 0.15) is 38.1 Å². The number of carbonyl (C=O) groups is 2. The molecule has 1 N–H and O–H groups in total. The molecule has 5 rings (SSSR count). The predicted octanol–water partition coefficient (Wildman–Crippen LogP) is 4.43. The van der Waals surface area contributed by atoms with Gasteiger partial charge in [0.15, 0.2) is 4.96 Å². The van der Waals surface area contributed by atoms with E-state index in [4.69, 9.17) is 11.6 Å². The molecule has 1 fully saturated rings. The molecule has 7 nitrogen and oxygen atoms in total. The van der Waals surface area contributed by atoms with Crippen molar-refractivity contribution in [3.8, 4) is 10.4 Å². The van der Waals surface area contributed by atoms with Crippen LogP contribution in [0.15, 0.2) is 35.8 Å². The molecule has 3 aromatic heterocycles. The Morgan fingerprint density at radius 1 is 1.25 bits per heavy atom. The molecule has 0 aliphatic carbocycles. The smallest absolute Gasteiger partial charge is 0.274 e. The van der Waals surface area contributed by atoms with E-state index in [0.717, 1.165) is 26.8 Å². The predicted molar refractivity (Wildman–Crippen MR) is 127 cm³/mol. The van der Waals surface area contributed by atoms with E-state index in [1.54, 1.807) is 9.30 Å². The van der Waals surface area contributed by atoms with Crippen LogP contribution in [0.25, 0.3) is 15.4 Å². The maximum Gasteiger partial charge on any atom is 0.274 e. The average Bonchev–Trinajstić information content (AvgIpc) is 3.41. The fourth-order valence-corrected chi connectivity index (χ4v) is 5.91. The summed E-state index contributed by atoms with van der Waals surface area (Å²) in [5, 5.41) is 6.28. The van der Waals surface area contributed by atoms with Gasteiger partial charge in [-0.25, -0.2) is 9.97 Å². The number of likely N-dealkylation sites (tertiary alicyclic amines) is 1. The SMILES string of the molecule is Cc1nc(C(=O)N2CCC2CNC(=O)c2c(C)nc3sccn23)c(-c2ccccc2Cl)s1. The zero-order valence-electron chi connectivity index (χ0n) is 17.5. The van der Waals surface area contributed by atoms with Crippen molar-refractivity contribution in [2.45, 2.75) is 26.3 Å². The molecule has 164 valence electrons. The zero-order valence-corrected chi connectivity index (χ0v) is 19.9. The lowest BCUT2D eigenvalue weighted by molar-refractivity contribution is 0.0451. The van der Waals surface area contributed by atoms with Crippen molar-refractivity contribution in [2.75, 3.05) is 13.1 Å². The van der Waals surface area contributed by atoms with E-state index in [-0.39, 0.29) is 17.9 Å². The molecule has 0 bridgehead atoms. The Bertz CT molecular complexity index is 1340. The number of fused-ring (bicyclic) bond motifs is 1. The number of halogens is 1. The minimum atomic E-state index is -0.186. The van der Waals surface area contributed by atoms with E-state index in [9.17, 15) is 9.59 Å². The van der Waals surface area contributed by atoms with Crippen LogP contribution < -0.4 is 5.32 Å². The number of aromatic nitrogens is 3. The standard InChI is InChI=1S/C22H20ClN5O2S2/c1-12-18(28-9-10-31-22(28)25-12)20(29)24-11-14-7-8-27(14)21(30)17-19(32-13(2)26-17)15-5-3-4-6-16(15)23/h3-6,9-10,14H,7-8,11H2,1-2H3,(H,24,29). The van der Waals surface area contributed by atoms with E-state index in [1.165, 1.54) is 22.7 Å². The molecule has 10 heteroatoms. The number of thiazole rings is 2. The fraction of sp³-hybridized carbons (Fsp3) is 0.273. The highest BCUT2D eigenvalue weighted by Crippen LogP contribution is 2.36. The van der Waals surface area contributed by atoms with Crippen molar-refractivity contribution in [1.29, 1.82) is 0 Å². The highest BCUT2D eigenvalue weighted by molar-refractivity contribution is 7.15. The average molecular weight is 486 g/mol. The van der Waals surface area contributed by atoms with E-state index in [0.29, 0.717) is 35.2 Å². The summed E-state index contributed by atoms with van der Waals surface area (Å²) in [6.07, 6.45) is 2.67. The maximum absolute atomic E-state index is 13.3. The minimum Gasteiger partial charge on any atom is -0.349 e. The van der Waals surface area contributed by atoms with Gasteiger partial charge in [0.1, 0.15) is 11.4 Å². The Kier molecular flexibility index (Phi) is 5.48. The molecule has 1 aromatic carbocycles. The summed E-state index contributed by atoms with van der Waals surface area (Å²) in [7, 11) is 0. The van der Waals surface area contributed by atoms with Crippen LogP contribution in [-0.2, 0) is 0 Å². The monoisotopic (exact) mass is 485 g/mol. The van der Waals surface area contributed by atoms with Crippen LogP contribution in [0.5, 0.6) is 0 Å². The van der Waals surface area contributed by atoms with E-state index in [2.05, 4.69) is 15.3 Å². The highest BCUT2D eigenvalue weighted by Gasteiger charge is 2.36. The second-order valence-corrected chi connectivity index (χ2v) is 10.1. The summed E-state index contributed by atoms with van der Waals surface area (Å²) < 4.78 is 1.80. The molecule has 4 heterocycles. The van der Waals surface area contributed by atoms with Crippen molar-refractivity contribution >= 4 is 51.0 Å². The summed E-state index contributed by atoms with van der Waals surface area (Å²) in [6, 6.07) is 7.40. The number of imidazole rings is 1. The van der Waals surface area contributed by atoms with Crippen molar-refractivity contribution in [1.82, 2.24) is 24.6 Å². The molecule has 32 heavy (non-hydrogen) atoms. The van der Waals surface area contributed by atoms with Gasteiger partial charge in [0.25, 0.3) is 11.8 Å². The Hall–Kier alpha value is -2.75. The van der Waals surface area contributed by atoms with E-state index in [1.807, 2.05) is 49.7 Å². The minimum absolute atomic E-state index is 0.0706. The number of aryl methyl sites for hydroxylation is 2. The molecule has 2 amide bonds. The molecular formula is C22H20ClN5O2S2. The van der Waals surface area contributed by atoms with Gasteiger partial charge in [-0.15, -0.1) is 22.7 Å². The normalized spacial score (nSPS) is 15.7.